The maximum Gasteiger partial charge on any atom is 0.331 e. The molecular weight excluding hydrogens is 290 g/mol. The number of nitrogens with zero attached hydrogens (tertiary/aromatic N) is 3. The van der Waals surface area contributed by atoms with Crippen LogP contribution in [0.1, 0.15) is 6.42 Å². The normalized spacial score (nSPS) is 37.0. The lowest BCUT2D eigenvalue weighted by molar-refractivity contribution is -0.0959. The molecular formula is C14H19N3O5. The fourth-order valence-corrected chi connectivity index (χ4v) is 2.72. The van der Waals surface area contributed by atoms with Crippen molar-refractivity contribution in [3.05, 3.63) is 12.2 Å². The monoisotopic (exact) mass is 309 g/mol. The van der Waals surface area contributed by atoms with Crippen LogP contribution in [0.4, 0.5) is 9.59 Å². The van der Waals surface area contributed by atoms with Crippen molar-refractivity contribution in [3.8, 4) is 0 Å². The highest BCUT2D eigenvalue weighted by molar-refractivity contribution is 5.96. The predicted molar refractivity (Wildman–Crippen MR) is 73.6 cm³/mol. The Labute approximate surface area is 127 Å². The molecule has 0 radical (unpaired) electrons. The molecule has 4 atom stereocenters. The van der Waals surface area contributed by atoms with Gasteiger partial charge in [-0.2, -0.15) is 0 Å². The third kappa shape index (κ3) is 2.57. The van der Waals surface area contributed by atoms with E-state index in [0.29, 0.717) is 19.8 Å². The van der Waals surface area contributed by atoms with Crippen LogP contribution in [0.5, 0.6) is 0 Å². The number of carbonyl (C=O) groups excluding carboxylic acids is 2. The van der Waals surface area contributed by atoms with Crippen LogP contribution >= 0.6 is 0 Å². The Kier molecular flexibility index (Phi) is 3.14. The molecule has 120 valence electrons. The van der Waals surface area contributed by atoms with Gasteiger partial charge in [-0.25, -0.2) is 14.5 Å². The molecule has 1 N–H and O–H groups in total. The number of rotatable bonds is 6. The fraction of sp³-hybridized carbons (Fsp3) is 0.714. The Morgan fingerprint density at radius 1 is 1.05 bits per heavy atom. The average Bonchev–Trinajstić information content (AvgIpc) is 3.31. The van der Waals surface area contributed by atoms with E-state index in [0.717, 1.165) is 16.9 Å². The molecule has 4 fully saturated rings. The lowest BCUT2D eigenvalue weighted by Crippen LogP contribution is -2.67. The van der Waals surface area contributed by atoms with Crippen LogP contribution < -0.4 is 0 Å². The smallest absolute Gasteiger partial charge is 0.331 e. The maximum atomic E-state index is 12.6. The van der Waals surface area contributed by atoms with Crippen molar-refractivity contribution in [3.63, 3.8) is 0 Å². The number of carbonyl (C=O) groups is 2. The minimum absolute atomic E-state index is 0.0523. The van der Waals surface area contributed by atoms with Crippen molar-refractivity contribution in [2.24, 2.45) is 5.92 Å². The molecule has 4 rings (SSSR count). The third-order valence-electron chi connectivity index (χ3n) is 4.44. The molecule has 3 saturated heterocycles. The van der Waals surface area contributed by atoms with Gasteiger partial charge in [0.2, 0.25) is 6.35 Å². The van der Waals surface area contributed by atoms with Crippen molar-refractivity contribution in [1.82, 2.24) is 14.7 Å². The molecule has 0 bridgehead atoms. The maximum absolute atomic E-state index is 12.6. The Morgan fingerprint density at radius 3 is 2.05 bits per heavy atom. The Bertz CT molecular complexity index is 531. The van der Waals surface area contributed by atoms with Gasteiger partial charge in [-0.3, -0.25) is 9.80 Å². The Balaban J connectivity index is 1.53. The minimum Gasteiger partial charge on any atom is -0.371 e. The van der Waals surface area contributed by atoms with Crippen molar-refractivity contribution < 1.29 is 24.2 Å². The molecule has 8 heteroatoms. The summed E-state index contributed by atoms with van der Waals surface area (Å²) < 4.78 is 10.3. The van der Waals surface area contributed by atoms with Gasteiger partial charge in [-0.15, -0.1) is 0 Å². The first kappa shape index (κ1) is 14.0. The molecule has 4 unspecified atom stereocenters. The minimum atomic E-state index is -1.24. The fourth-order valence-electron chi connectivity index (χ4n) is 2.72. The molecule has 22 heavy (non-hydrogen) atoms. The largest absolute Gasteiger partial charge is 0.371 e. The van der Waals surface area contributed by atoms with Crippen LogP contribution in [0.2, 0.25) is 0 Å². The Hall–Kier alpha value is -1.64. The van der Waals surface area contributed by atoms with Gasteiger partial charge < -0.3 is 14.6 Å². The summed E-state index contributed by atoms with van der Waals surface area (Å²) in [5.41, 5.74) is 1.08. The number of hydrogen-bond acceptors (Lipinski definition) is 5. The van der Waals surface area contributed by atoms with E-state index >= 15 is 0 Å². The van der Waals surface area contributed by atoms with Crippen LogP contribution in [-0.4, -0.2) is 83.3 Å². The Morgan fingerprint density at radius 2 is 1.55 bits per heavy atom. The number of hydrogen-bond donors (Lipinski definition) is 1. The zero-order valence-electron chi connectivity index (χ0n) is 12.2. The second kappa shape index (κ2) is 4.94. The zero-order chi connectivity index (χ0) is 15.4. The highest BCUT2D eigenvalue weighted by Crippen LogP contribution is 2.37. The quantitative estimate of drug-likeness (QED) is 0.542. The van der Waals surface area contributed by atoms with E-state index in [-0.39, 0.29) is 31.2 Å². The molecule has 0 aromatic rings. The van der Waals surface area contributed by atoms with E-state index < -0.39 is 18.4 Å². The highest BCUT2D eigenvalue weighted by atomic mass is 16.6. The second-order valence-electron chi connectivity index (χ2n) is 6.30. The molecule has 1 aliphatic carbocycles. The summed E-state index contributed by atoms with van der Waals surface area (Å²) in [5.74, 6) is 0.213. The lowest BCUT2D eigenvalue weighted by Gasteiger charge is -2.44. The van der Waals surface area contributed by atoms with Crippen LogP contribution in [0, 0.1) is 5.92 Å². The van der Waals surface area contributed by atoms with Gasteiger partial charge in [-0.05, 0) is 6.42 Å². The number of urea groups is 2. The number of amides is 4. The molecule has 0 aromatic carbocycles. The van der Waals surface area contributed by atoms with Gasteiger partial charge in [0.1, 0.15) is 0 Å². The van der Waals surface area contributed by atoms with Gasteiger partial charge in [-0.1, -0.05) is 12.2 Å². The van der Waals surface area contributed by atoms with Crippen molar-refractivity contribution >= 4 is 12.1 Å². The van der Waals surface area contributed by atoms with Gasteiger partial charge in [0.15, 0.2) is 0 Å². The van der Waals surface area contributed by atoms with E-state index in [1.54, 1.807) is 0 Å². The summed E-state index contributed by atoms with van der Waals surface area (Å²) in [5, 5.41) is 10.4. The van der Waals surface area contributed by atoms with E-state index in [2.05, 4.69) is 6.58 Å². The summed E-state index contributed by atoms with van der Waals surface area (Å²) in [7, 11) is 0. The number of aliphatic hydroxyl groups is 1. The zero-order valence-corrected chi connectivity index (χ0v) is 12.2. The summed E-state index contributed by atoms with van der Waals surface area (Å²) in [6.45, 7) is 5.92. The number of aliphatic hydroxyl groups excluding tert-OH is 1. The van der Waals surface area contributed by atoms with Crippen LogP contribution in [0.3, 0.4) is 0 Å². The second-order valence-corrected chi connectivity index (χ2v) is 6.30. The van der Waals surface area contributed by atoms with Gasteiger partial charge in [0.05, 0.1) is 38.5 Å². The lowest BCUT2D eigenvalue weighted by atomic mass is 10.3. The standard InChI is InChI=1S/C14H19N3O5/c1-8-2-9(8)3-15-12(18)16(4-10-6-21-10)14(20)17(13(15)19)5-11-7-22-11/h9-12,18H,1-7H2. The topological polar surface area (TPSA) is 89.2 Å². The SMILES string of the molecule is C=C1CC1CN1C(=O)N(CC2CO2)C(=O)N(CC2CO2)C1O. The summed E-state index contributed by atoms with van der Waals surface area (Å²) in [6.07, 6.45) is -0.514. The van der Waals surface area contributed by atoms with Crippen LogP contribution in [0.15, 0.2) is 12.2 Å². The molecule has 4 aliphatic rings. The van der Waals surface area contributed by atoms with Crippen LogP contribution in [-0.2, 0) is 9.47 Å². The molecule has 3 heterocycles. The van der Waals surface area contributed by atoms with E-state index in [1.807, 2.05) is 0 Å². The molecule has 8 nitrogen and oxygen atoms in total. The van der Waals surface area contributed by atoms with E-state index in [1.165, 1.54) is 9.80 Å². The molecule has 3 aliphatic heterocycles. The van der Waals surface area contributed by atoms with E-state index in [9.17, 15) is 14.7 Å². The predicted octanol–water partition coefficient (Wildman–Crippen LogP) is -0.204. The number of epoxide rings is 2. The molecule has 0 spiro atoms. The van der Waals surface area contributed by atoms with Crippen molar-refractivity contribution in [2.75, 3.05) is 32.8 Å². The molecule has 0 aromatic heterocycles. The number of imide groups is 1. The molecule has 4 amide bonds. The third-order valence-corrected chi connectivity index (χ3v) is 4.44. The first-order valence-electron chi connectivity index (χ1n) is 7.52. The highest BCUT2D eigenvalue weighted by Gasteiger charge is 2.48. The van der Waals surface area contributed by atoms with Crippen LogP contribution in [0.25, 0.3) is 0 Å². The van der Waals surface area contributed by atoms with Gasteiger partial charge in [0, 0.05) is 12.5 Å². The summed E-state index contributed by atoms with van der Waals surface area (Å²) in [6, 6.07) is -0.935. The van der Waals surface area contributed by atoms with Crippen molar-refractivity contribution in [1.29, 1.82) is 0 Å². The number of ether oxygens (including phenoxy) is 2. The summed E-state index contributed by atoms with van der Waals surface area (Å²) >= 11 is 0. The first-order chi connectivity index (χ1) is 10.5. The summed E-state index contributed by atoms with van der Waals surface area (Å²) in [4.78, 5) is 28.9. The van der Waals surface area contributed by atoms with E-state index in [4.69, 9.17) is 9.47 Å². The van der Waals surface area contributed by atoms with Gasteiger partial charge in [0.25, 0.3) is 0 Å². The van der Waals surface area contributed by atoms with Gasteiger partial charge >= 0.3 is 12.1 Å². The first-order valence-corrected chi connectivity index (χ1v) is 7.52. The average molecular weight is 309 g/mol. The van der Waals surface area contributed by atoms with Crippen molar-refractivity contribution in [2.45, 2.75) is 25.0 Å². The molecule has 1 saturated carbocycles.